The maximum atomic E-state index is 12.8. The number of hydrogen-bond donors (Lipinski definition) is 1. The predicted molar refractivity (Wildman–Crippen MR) is 113 cm³/mol. The van der Waals surface area contributed by atoms with E-state index >= 15 is 0 Å². The van der Waals surface area contributed by atoms with Crippen molar-refractivity contribution in [2.24, 2.45) is 0 Å². The molecule has 0 aromatic heterocycles. The first-order chi connectivity index (χ1) is 14.1. The number of nitrogens with one attached hydrogen (secondary N) is 1. The Kier molecular flexibility index (Phi) is 7.36. The van der Waals surface area contributed by atoms with Crippen LogP contribution >= 0.6 is 11.6 Å². The van der Waals surface area contributed by atoms with Crippen LogP contribution in [0.5, 0.6) is 11.5 Å². The van der Waals surface area contributed by atoms with Crippen LogP contribution in [0.25, 0.3) is 0 Å². The fraction of sp³-hybridized carbons (Fsp3) is 0.364. The molecule has 1 heterocycles. The van der Waals surface area contributed by atoms with Gasteiger partial charge in [0.05, 0.1) is 17.9 Å². The molecule has 2 aromatic carbocycles. The molecule has 0 radical (unpaired) electrons. The van der Waals surface area contributed by atoms with Crippen LogP contribution in [-0.2, 0) is 4.79 Å². The minimum absolute atomic E-state index is 0.121. The molecule has 1 aliphatic rings. The van der Waals surface area contributed by atoms with Crippen LogP contribution in [0.15, 0.2) is 42.5 Å². The molecule has 0 spiro atoms. The normalized spacial score (nSPS) is 13.2. The monoisotopic (exact) mass is 416 g/mol. The summed E-state index contributed by atoms with van der Waals surface area (Å²) in [6.07, 6.45) is 2.92. The Balaban J connectivity index is 1.59. The first kappa shape index (κ1) is 21.0. The van der Waals surface area contributed by atoms with E-state index in [1.54, 1.807) is 47.4 Å². The second kappa shape index (κ2) is 10.2. The second-order valence-corrected chi connectivity index (χ2v) is 7.28. The first-order valence-electron chi connectivity index (χ1n) is 9.81. The summed E-state index contributed by atoms with van der Waals surface area (Å²) in [7, 11) is 0. The van der Waals surface area contributed by atoms with Crippen LogP contribution in [-0.4, -0.2) is 43.0 Å². The van der Waals surface area contributed by atoms with Crippen LogP contribution in [0.4, 0.5) is 5.69 Å². The molecule has 1 fully saturated rings. The summed E-state index contributed by atoms with van der Waals surface area (Å²) in [4.78, 5) is 26.9. The molecule has 2 amide bonds. The highest BCUT2D eigenvalue weighted by Gasteiger charge is 2.23. The zero-order chi connectivity index (χ0) is 20.6. The lowest BCUT2D eigenvalue weighted by Gasteiger charge is -2.18. The maximum Gasteiger partial charge on any atom is 0.262 e. The average molecular weight is 417 g/mol. The lowest BCUT2D eigenvalue weighted by molar-refractivity contribution is -0.118. The lowest BCUT2D eigenvalue weighted by atomic mass is 10.1. The molecule has 0 bridgehead atoms. The van der Waals surface area contributed by atoms with Gasteiger partial charge in [0.15, 0.2) is 6.61 Å². The molecule has 154 valence electrons. The highest BCUT2D eigenvalue weighted by atomic mass is 35.5. The number of halogens is 1. The van der Waals surface area contributed by atoms with Gasteiger partial charge in [0, 0.05) is 18.1 Å². The summed E-state index contributed by atoms with van der Waals surface area (Å²) in [5, 5.41) is 3.21. The molecule has 0 atom stereocenters. The van der Waals surface area contributed by atoms with E-state index in [0.29, 0.717) is 28.6 Å². The van der Waals surface area contributed by atoms with E-state index < -0.39 is 0 Å². The van der Waals surface area contributed by atoms with Crippen molar-refractivity contribution < 1.29 is 19.1 Å². The van der Waals surface area contributed by atoms with Crippen LogP contribution in [0.1, 0.15) is 36.5 Å². The summed E-state index contributed by atoms with van der Waals surface area (Å²) in [6, 6.07) is 12.0. The number of amides is 2. The van der Waals surface area contributed by atoms with Crippen molar-refractivity contribution in [3.63, 3.8) is 0 Å². The molecule has 1 aliphatic heterocycles. The number of hydrogen-bond acceptors (Lipinski definition) is 4. The summed E-state index contributed by atoms with van der Waals surface area (Å²) >= 11 is 6.07. The van der Waals surface area contributed by atoms with Crippen molar-refractivity contribution in [2.75, 3.05) is 31.6 Å². The highest BCUT2D eigenvalue weighted by Crippen LogP contribution is 2.24. The summed E-state index contributed by atoms with van der Waals surface area (Å²) in [5.41, 5.74) is 0.827. The van der Waals surface area contributed by atoms with Gasteiger partial charge in [-0.2, -0.15) is 0 Å². The Labute approximate surface area is 175 Å². The standard InChI is InChI=1S/C22H25ClN2O4/c1-2-13-28-17-6-8-18(9-7-17)29-15-21(26)24-20-10-5-16(23)14-19(20)22(27)25-11-3-4-12-25/h5-10,14H,2-4,11-13,15H2,1H3,(H,24,26). The maximum absolute atomic E-state index is 12.8. The predicted octanol–water partition coefficient (Wildman–Crippen LogP) is 4.38. The molecule has 1 N–H and O–H groups in total. The number of carbonyl (C=O) groups is 2. The Hall–Kier alpha value is -2.73. The topological polar surface area (TPSA) is 67.9 Å². The number of rotatable bonds is 8. The third kappa shape index (κ3) is 5.87. The van der Waals surface area contributed by atoms with Crippen LogP contribution in [0.3, 0.4) is 0 Å². The van der Waals surface area contributed by atoms with Gasteiger partial charge in [0.25, 0.3) is 11.8 Å². The van der Waals surface area contributed by atoms with Gasteiger partial charge in [-0.25, -0.2) is 0 Å². The molecule has 3 rings (SSSR count). The highest BCUT2D eigenvalue weighted by molar-refractivity contribution is 6.31. The SMILES string of the molecule is CCCOc1ccc(OCC(=O)Nc2ccc(Cl)cc2C(=O)N2CCCC2)cc1. The molecule has 1 saturated heterocycles. The van der Waals surface area contributed by atoms with E-state index in [0.717, 1.165) is 38.1 Å². The van der Waals surface area contributed by atoms with Gasteiger partial charge in [-0.05, 0) is 61.7 Å². The minimum atomic E-state index is -0.353. The van der Waals surface area contributed by atoms with Gasteiger partial charge in [-0.1, -0.05) is 18.5 Å². The third-order valence-corrected chi connectivity index (χ3v) is 4.78. The van der Waals surface area contributed by atoms with Crippen LogP contribution < -0.4 is 14.8 Å². The van der Waals surface area contributed by atoms with E-state index in [9.17, 15) is 9.59 Å². The zero-order valence-corrected chi connectivity index (χ0v) is 17.2. The fourth-order valence-electron chi connectivity index (χ4n) is 3.08. The molecule has 0 aliphatic carbocycles. The Morgan fingerprint density at radius 2 is 1.69 bits per heavy atom. The van der Waals surface area contributed by atoms with Crippen LogP contribution in [0.2, 0.25) is 5.02 Å². The Morgan fingerprint density at radius 1 is 1.03 bits per heavy atom. The summed E-state index contributed by atoms with van der Waals surface area (Å²) < 4.78 is 11.1. The average Bonchev–Trinajstić information content (AvgIpc) is 3.27. The number of benzene rings is 2. The van der Waals surface area contributed by atoms with Crippen molar-refractivity contribution in [1.82, 2.24) is 4.90 Å². The molecular formula is C22H25ClN2O4. The Bertz CT molecular complexity index is 848. The van der Waals surface area contributed by atoms with Gasteiger partial charge < -0.3 is 19.7 Å². The molecule has 7 heteroatoms. The van der Waals surface area contributed by atoms with Crippen molar-refractivity contribution >= 4 is 29.1 Å². The van der Waals surface area contributed by atoms with Gasteiger partial charge in [0.1, 0.15) is 11.5 Å². The molecule has 2 aromatic rings. The fourth-order valence-corrected chi connectivity index (χ4v) is 3.25. The quantitative estimate of drug-likeness (QED) is 0.693. The van der Waals surface area contributed by atoms with Crippen molar-refractivity contribution in [1.29, 1.82) is 0 Å². The van der Waals surface area contributed by atoms with Crippen molar-refractivity contribution in [2.45, 2.75) is 26.2 Å². The summed E-state index contributed by atoms with van der Waals surface area (Å²) in [5.74, 6) is 0.848. The first-order valence-corrected chi connectivity index (χ1v) is 10.2. The smallest absolute Gasteiger partial charge is 0.262 e. The van der Waals surface area contributed by atoms with Crippen molar-refractivity contribution in [3.05, 3.63) is 53.1 Å². The molecular weight excluding hydrogens is 392 g/mol. The number of anilines is 1. The molecule has 0 unspecified atom stereocenters. The van der Waals surface area contributed by atoms with E-state index in [2.05, 4.69) is 5.32 Å². The van der Waals surface area contributed by atoms with Gasteiger partial charge in [-0.15, -0.1) is 0 Å². The number of ether oxygens (including phenoxy) is 2. The summed E-state index contributed by atoms with van der Waals surface area (Å²) in [6.45, 7) is 3.97. The van der Waals surface area contributed by atoms with Crippen molar-refractivity contribution in [3.8, 4) is 11.5 Å². The third-order valence-electron chi connectivity index (χ3n) is 4.55. The van der Waals surface area contributed by atoms with E-state index in [-0.39, 0.29) is 18.4 Å². The molecule has 0 saturated carbocycles. The largest absolute Gasteiger partial charge is 0.494 e. The lowest BCUT2D eigenvalue weighted by Crippen LogP contribution is -2.29. The number of likely N-dealkylation sites (tertiary alicyclic amines) is 1. The molecule has 29 heavy (non-hydrogen) atoms. The number of carbonyl (C=O) groups excluding carboxylic acids is 2. The van der Waals surface area contributed by atoms with E-state index in [4.69, 9.17) is 21.1 Å². The van der Waals surface area contributed by atoms with Gasteiger partial charge in [-0.3, -0.25) is 9.59 Å². The van der Waals surface area contributed by atoms with E-state index in [1.165, 1.54) is 0 Å². The zero-order valence-electron chi connectivity index (χ0n) is 16.4. The van der Waals surface area contributed by atoms with Gasteiger partial charge in [0.2, 0.25) is 0 Å². The van der Waals surface area contributed by atoms with E-state index in [1.807, 2.05) is 6.92 Å². The number of nitrogens with zero attached hydrogens (tertiary/aromatic N) is 1. The second-order valence-electron chi connectivity index (χ2n) is 6.85. The molecule has 6 nitrogen and oxygen atoms in total. The van der Waals surface area contributed by atoms with Gasteiger partial charge >= 0.3 is 0 Å². The Morgan fingerprint density at radius 3 is 2.34 bits per heavy atom. The minimum Gasteiger partial charge on any atom is -0.494 e. The van der Waals surface area contributed by atoms with Crippen LogP contribution in [0, 0.1) is 0 Å².